The molecular weight excluding hydrogens is 289 g/mol. The van der Waals surface area contributed by atoms with Crippen molar-refractivity contribution in [3.8, 4) is 0 Å². The number of hydrogen-bond donors (Lipinski definition) is 4. The monoisotopic (exact) mass is 305 g/mol. The molecule has 1 heterocycles. The Morgan fingerprint density at radius 3 is 2.82 bits per heavy atom. The van der Waals surface area contributed by atoms with E-state index in [1.165, 1.54) is 18.2 Å². The number of hydrogen-bond acceptors (Lipinski definition) is 5. The highest BCUT2D eigenvalue weighted by molar-refractivity contribution is 6.60. The lowest BCUT2D eigenvalue weighted by atomic mass is 9.77. The highest BCUT2D eigenvalue weighted by Gasteiger charge is 2.20. The van der Waals surface area contributed by atoms with Gasteiger partial charge in [-0.05, 0) is 17.6 Å². The first-order chi connectivity index (χ1) is 10.5. The summed E-state index contributed by atoms with van der Waals surface area (Å²) in [5.74, 6) is -0.401. The fourth-order valence-electron chi connectivity index (χ4n) is 2.18. The van der Waals surface area contributed by atoms with Gasteiger partial charge in [0.15, 0.2) is 0 Å². The number of aldehydes is 1. The van der Waals surface area contributed by atoms with Gasteiger partial charge < -0.3 is 25.6 Å². The number of urea groups is 1. The first kappa shape index (κ1) is 16.0. The van der Waals surface area contributed by atoms with Crippen LogP contribution in [0.1, 0.15) is 20.7 Å². The van der Waals surface area contributed by atoms with Crippen LogP contribution >= 0.6 is 0 Å². The van der Waals surface area contributed by atoms with Crippen molar-refractivity contribution < 1.29 is 24.4 Å². The number of amides is 3. The molecule has 3 amide bonds. The maximum atomic E-state index is 12.0. The number of rotatable bonds is 6. The largest absolute Gasteiger partial charge is 0.489 e. The van der Waals surface area contributed by atoms with Gasteiger partial charge in [0.2, 0.25) is 0 Å². The van der Waals surface area contributed by atoms with Gasteiger partial charge in [-0.2, -0.15) is 0 Å². The summed E-state index contributed by atoms with van der Waals surface area (Å²) in [6.45, 7) is 1.88. The molecule has 9 heteroatoms. The minimum absolute atomic E-state index is 0.0419. The molecule has 116 valence electrons. The Labute approximate surface area is 127 Å². The van der Waals surface area contributed by atoms with E-state index in [2.05, 4.69) is 10.6 Å². The fraction of sp³-hybridized carbons (Fsp3) is 0.308. The van der Waals surface area contributed by atoms with Crippen molar-refractivity contribution >= 4 is 30.8 Å². The van der Waals surface area contributed by atoms with Crippen molar-refractivity contribution in [2.75, 3.05) is 26.2 Å². The van der Waals surface area contributed by atoms with E-state index in [4.69, 9.17) is 10.0 Å². The smallest absolute Gasteiger partial charge is 0.423 e. The summed E-state index contributed by atoms with van der Waals surface area (Å²) in [7, 11) is -1.77. The SMILES string of the molecule is O=Cc1cc(C(=O)NCCN2CCNC2=O)ccc1B(O)O. The fourth-order valence-corrected chi connectivity index (χ4v) is 2.18. The zero-order chi connectivity index (χ0) is 16.1. The summed E-state index contributed by atoms with van der Waals surface area (Å²) < 4.78 is 0. The van der Waals surface area contributed by atoms with Crippen molar-refractivity contribution in [1.82, 2.24) is 15.5 Å². The van der Waals surface area contributed by atoms with Crippen LogP contribution < -0.4 is 16.1 Å². The number of carbonyl (C=O) groups is 3. The van der Waals surface area contributed by atoms with Crippen molar-refractivity contribution in [3.05, 3.63) is 29.3 Å². The quantitative estimate of drug-likeness (QED) is 0.356. The molecule has 4 N–H and O–H groups in total. The molecule has 1 fully saturated rings. The van der Waals surface area contributed by atoms with Crippen LogP contribution in [-0.2, 0) is 0 Å². The van der Waals surface area contributed by atoms with Crippen LogP contribution in [0.3, 0.4) is 0 Å². The van der Waals surface area contributed by atoms with Gasteiger partial charge in [-0.25, -0.2) is 4.79 Å². The van der Waals surface area contributed by atoms with E-state index in [1.54, 1.807) is 4.90 Å². The lowest BCUT2D eigenvalue weighted by Gasteiger charge is -2.14. The summed E-state index contributed by atoms with van der Waals surface area (Å²) in [4.78, 5) is 35.8. The molecule has 0 spiro atoms. The summed E-state index contributed by atoms with van der Waals surface area (Å²) in [5, 5.41) is 23.5. The number of benzene rings is 1. The van der Waals surface area contributed by atoms with Gasteiger partial charge >= 0.3 is 13.1 Å². The molecule has 0 aliphatic carbocycles. The molecule has 1 aliphatic heterocycles. The maximum absolute atomic E-state index is 12.0. The van der Waals surface area contributed by atoms with Crippen molar-refractivity contribution in [2.45, 2.75) is 0 Å². The molecule has 8 nitrogen and oxygen atoms in total. The van der Waals surface area contributed by atoms with Gasteiger partial charge in [-0.3, -0.25) is 9.59 Å². The maximum Gasteiger partial charge on any atom is 0.489 e. The minimum atomic E-state index is -1.77. The van der Waals surface area contributed by atoms with E-state index in [9.17, 15) is 14.4 Å². The van der Waals surface area contributed by atoms with Crippen LogP contribution in [0.25, 0.3) is 0 Å². The van der Waals surface area contributed by atoms with Crippen LogP contribution in [0.2, 0.25) is 0 Å². The van der Waals surface area contributed by atoms with Gasteiger partial charge in [-0.1, -0.05) is 6.07 Å². The Morgan fingerprint density at radius 2 is 2.23 bits per heavy atom. The van der Waals surface area contributed by atoms with Crippen LogP contribution in [0, 0.1) is 0 Å². The molecule has 0 aromatic heterocycles. The van der Waals surface area contributed by atoms with Gasteiger partial charge in [0.05, 0.1) is 0 Å². The summed E-state index contributed by atoms with van der Waals surface area (Å²) in [6, 6.07) is 3.86. The topological polar surface area (TPSA) is 119 Å². The first-order valence-corrected chi connectivity index (χ1v) is 6.79. The highest BCUT2D eigenvalue weighted by Crippen LogP contribution is 2.03. The number of carbonyl (C=O) groups excluding carboxylic acids is 3. The Hall–Kier alpha value is -2.39. The molecule has 1 saturated heterocycles. The number of nitrogens with one attached hydrogen (secondary N) is 2. The van der Waals surface area contributed by atoms with Crippen LogP contribution in [-0.4, -0.2) is 66.5 Å². The van der Waals surface area contributed by atoms with E-state index in [0.29, 0.717) is 25.9 Å². The lowest BCUT2D eigenvalue weighted by molar-refractivity contribution is 0.0950. The number of nitrogens with zero attached hydrogens (tertiary/aromatic N) is 1. The second-order valence-corrected chi connectivity index (χ2v) is 4.81. The molecule has 0 unspecified atom stereocenters. The average molecular weight is 305 g/mol. The Morgan fingerprint density at radius 1 is 1.45 bits per heavy atom. The normalized spacial score (nSPS) is 13.7. The second kappa shape index (κ2) is 7.05. The molecule has 1 aliphatic rings. The van der Waals surface area contributed by atoms with E-state index in [0.717, 1.165) is 0 Å². The Kier molecular flexibility index (Phi) is 5.13. The van der Waals surface area contributed by atoms with Crippen molar-refractivity contribution in [1.29, 1.82) is 0 Å². The zero-order valence-corrected chi connectivity index (χ0v) is 11.8. The predicted molar refractivity (Wildman–Crippen MR) is 79.0 cm³/mol. The van der Waals surface area contributed by atoms with Crippen LogP contribution in [0.15, 0.2) is 18.2 Å². The van der Waals surface area contributed by atoms with Gasteiger partial charge in [0.25, 0.3) is 5.91 Å². The Balaban J connectivity index is 1.94. The standard InChI is InChI=1S/C13H16BN3O5/c18-8-10-7-9(1-2-11(10)14(21)22)12(19)15-3-5-17-6-4-16-13(17)20/h1-2,7-8,21-22H,3-6H2,(H,15,19)(H,16,20). The third-order valence-corrected chi connectivity index (χ3v) is 3.37. The van der Waals surface area contributed by atoms with Crippen LogP contribution in [0.4, 0.5) is 4.79 Å². The predicted octanol–water partition coefficient (Wildman–Crippen LogP) is -2.07. The lowest BCUT2D eigenvalue weighted by Crippen LogP contribution is -2.37. The molecule has 1 aromatic rings. The minimum Gasteiger partial charge on any atom is -0.423 e. The van der Waals surface area contributed by atoms with Crippen molar-refractivity contribution in [3.63, 3.8) is 0 Å². The van der Waals surface area contributed by atoms with E-state index in [1.807, 2.05) is 0 Å². The molecule has 1 aromatic carbocycles. The molecule has 0 atom stereocenters. The molecule has 0 saturated carbocycles. The summed E-state index contributed by atoms with van der Waals surface area (Å²) in [5.41, 5.74) is 0.319. The van der Waals surface area contributed by atoms with Gasteiger partial charge in [0.1, 0.15) is 6.29 Å². The van der Waals surface area contributed by atoms with Crippen molar-refractivity contribution in [2.24, 2.45) is 0 Å². The second-order valence-electron chi connectivity index (χ2n) is 4.81. The van der Waals surface area contributed by atoms with Gasteiger partial charge in [-0.15, -0.1) is 0 Å². The molecule has 22 heavy (non-hydrogen) atoms. The molecule has 0 bridgehead atoms. The van der Waals surface area contributed by atoms with Gasteiger partial charge in [0, 0.05) is 37.3 Å². The molecule has 0 radical (unpaired) electrons. The third-order valence-electron chi connectivity index (χ3n) is 3.37. The summed E-state index contributed by atoms with van der Waals surface area (Å²) >= 11 is 0. The first-order valence-electron chi connectivity index (χ1n) is 6.79. The van der Waals surface area contributed by atoms with E-state index >= 15 is 0 Å². The van der Waals surface area contributed by atoms with E-state index in [-0.39, 0.29) is 29.2 Å². The average Bonchev–Trinajstić information content (AvgIpc) is 2.91. The van der Waals surface area contributed by atoms with Crippen LogP contribution in [0.5, 0.6) is 0 Å². The third kappa shape index (κ3) is 3.63. The highest BCUT2D eigenvalue weighted by atomic mass is 16.4. The summed E-state index contributed by atoms with van der Waals surface area (Å²) in [6.07, 6.45) is 0.458. The Bertz CT molecular complexity index is 593. The van der Waals surface area contributed by atoms with E-state index < -0.39 is 13.0 Å². The molecule has 2 rings (SSSR count). The zero-order valence-electron chi connectivity index (χ0n) is 11.8. The molecular formula is C13H16BN3O5.